The normalized spacial score (nSPS) is 20.2. The highest BCUT2D eigenvalue weighted by Gasteiger charge is 2.29. The predicted octanol–water partition coefficient (Wildman–Crippen LogP) is 2.55. The Bertz CT molecular complexity index is 484. The van der Waals surface area contributed by atoms with Crippen molar-refractivity contribution in [2.45, 2.75) is 46.1 Å². The summed E-state index contributed by atoms with van der Waals surface area (Å²) in [5, 5.41) is 4.01. The Hall–Kier alpha value is -1.07. The van der Waals surface area contributed by atoms with Gasteiger partial charge in [-0.1, -0.05) is 18.0 Å². The van der Waals surface area contributed by atoms with Gasteiger partial charge in [0.05, 0.1) is 5.69 Å². The van der Waals surface area contributed by atoms with Crippen molar-refractivity contribution in [3.8, 4) is 0 Å². The maximum Gasteiger partial charge on any atom is 0.225 e. The highest BCUT2D eigenvalue weighted by atomic mass is 35.5. The van der Waals surface area contributed by atoms with E-state index in [0.29, 0.717) is 11.8 Å². The van der Waals surface area contributed by atoms with Crippen molar-refractivity contribution in [2.75, 3.05) is 26.2 Å². The monoisotopic (exact) mass is 327 g/mol. The van der Waals surface area contributed by atoms with Crippen LogP contribution in [-0.2, 0) is 11.3 Å². The maximum absolute atomic E-state index is 12.4. The van der Waals surface area contributed by atoms with Crippen molar-refractivity contribution in [1.82, 2.24) is 15.0 Å². The SMILES string of the molecule is Cc1noc(C)c1CN1CCN(C(=O)C2CCCC2)CC1.Cl. The number of aryl methyl sites for hydroxylation is 2. The van der Waals surface area contributed by atoms with Gasteiger partial charge in [-0.25, -0.2) is 0 Å². The van der Waals surface area contributed by atoms with E-state index in [0.717, 1.165) is 57.0 Å². The van der Waals surface area contributed by atoms with E-state index < -0.39 is 0 Å². The van der Waals surface area contributed by atoms with Crippen LogP contribution in [0.3, 0.4) is 0 Å². The third-order valence-electron chi connectivity index (χ3n) is 4.95. The zero-order valence-electron chi connectivity index (χ0n) is 13.5. The first-order chi connectivity index (χ1) is 10.1. The third kappa shape index (κ3) is 3.63. The molecule has 0 aromatic carbocycles. The van der Waals surface area contributed by atoms with Crippen molar-refractivity contribution in [3.05, 3.63) is 17.0 Å². The molecule has 124 valence electrons. The number of halogens is 1. The standard InChI is InChI=1S/C16H25N3O2.ClH/c1-12-15(13(2)21-17-12)11-18-7-9-19(10-8-18)16(20)14-5-3-4-6-14;/h14H,3-11H2,1-2H3;1H. The molecule has 0 N–H and O–H groups in total. The molecule has 3 rings (SSSR count). The molecule has 0 spiro atoms. The fourth-order valence-corrected chi connectivity index (χ4v) is 3.51. The number of hydrogen-bond donors (Lipinski definition) is 0. The summed E-state index contributed by atoms with van der Waals surface area (Å²) in [7, 11) is 0. The zero-order chi connectivity index (χ0) is 14.8. The first-order valence-corrected chi connectivity index (χ1v) is 8.08. The molecule has 5 nitrogen and oxygen atoms in total. The lowest BCUT2D eigenvalue weighted by molar-refractivity contribution is -0.137. The summed E-state index contributed by atoms with van der Waals surface area (Å²) in [6.45, 7) is 8.45. The van der Waals surface area contributed by atoms with Gasteiger partial charge in [0.15, 0.2) is 0 Å². The lowest BCUT2D eigenvalue weighted by Crippen LogP contribution is -2.49. The molecule has 6 heteroatoms. The van der Waals surface area contributed by atoms with Crippen molar-refractivity contribution in [3.63, 3.8) is 0 Å². The smallest absolute Gasteiger partial charge is 0.225 e. The molecule has 1 aromatic rings. The second-order valence-corrected chi connectivity index (χ2v) is 6.39. The van der Waals surface area contributed by atoms with Gasteiger partial charge in [-0.05, 0) is 26.7 Å². The Balaban J connectivity index is 0.00000176. The Morgan fingerprint density at radius 1 is 1.18 bits per heavy atom. The Kier molecular flexibility index (Phi) is 5.87. The van der Waals surface area contributed by atoms with Crippen LogP contribution in [-0.4, -0.2) is 47.0 Å². The molecule has 2 heterocycles. The minimum absolute atomic E-state index is 0. The van der Waals surface area contributed by atoms with Gasteiger partial charge in [0.1, 0.15) is 5.76 Å². The number of rotatable bonds is 3. The molecule has 0 atom stereocenters. The number of hydrogen-bond acceptors (Lipinski definition) is 4. The largest absolute Gasteiger partial charge is 0.361 e. The fraction of sp³-hybridized carbons (Fsp3) is 0.750. The molecule has 2 fully saturated rings. The van der Waals surface area contributed by atoms with E-state index in [1.54, 1.807) is 0 Å². The highest BCUT2D eigenvalue weighted by molar-refractivity contribution is 5.85. The summed E-state index contributed by atoms with van der Waals surface area (Å²) in [4.78, 5) is 16.9. The van der Waals surface area contributed by atoms with Crippen molar-refractivity contribution in [1.29, 1.82) is 0 Å². The van der Waals surface area contributed by atoms with Crippen LogP contribution >= 0.6 is 12.4 Å². The maximum atomic E-state index is 12.4. The van der Waals surface area contributed by atoms with Gasteiger partial charge >= 0.3 is 0 Å². The van der Waals surface area contributed by atoms with E-state index in [4.69, 9.17) is 4.52 Å². The van der Waals surface area contributed by atoms with Crippen LogP contribution in [0.2, 0.25) is 0 Å². The minimum atomic E-state index is 0. The van der Waals surface area contributed by atoms with Crippen molar-refractivity contribution >= 4 is 18.3 Å². The topological polar surface area (TPSA) is 49.6 Å². The van der Waals surface area contributed by atoms with Gasteiger partial charge in [-0.3, -0.25) is 9.69 Å². The predicted molar refractivity (Wildman–Crippen MR) is 87.0 cm³/mol. The lowest BCUT2D eigenvalue weighted by atomic mass is 10.1. The second-order valence-electron chi connectivity index (χ2n) is 6.39. The van der Waals surface area contributed by atoms with E-state index in [1.807, 2.05) is 13.8 Å². The Labute approximate surface area is 138 Å². The van der Waals surface area contributed by atoms with Gasteiger partial charge in [-0.2, -0.15) is 0 Å². The van der Waals surface area contributed by atoms with E-state index in [1.165, 1.54) is 18.4 Å². The van der Waals surface area contributed by atoms with E-state index in [9.17, 15) is 4.79 Å². The first-order valence-electron chi connectivity index (χ1n) is 8.08. The number of nitrogens with zero attached hydrogens (tertiary/aromatic N) is 3. The fourth-order valence-electron chi connectivity index (χ4n) is 3.51. The number of piperazine rings is 1. The van der Waals surface area contributed by atoms with Gasteiger partial charge in [0.2, 0.25) is 5.91 Å². The van der Waals surface area contributed by atoms with Crippen LogP contribution in [0.1, 0.15) is 42.7 Å². The second kappa shape index (κ2) is 7.47. The molecule has 1 saturated carbocycles. The summed E-state index contributed by atoms with van der Waals surface area (Å²) in [6.07, 6.45) is 4.64. The first kappa shape index (κ1) is 17.3. The van der Waals surface area contributed by atoms with Gasteiger partial charge in [0.25, 0.3) is 0 Å². The van der Waals surface area contributed by atoms with E-state index in [2.05, 4.69) is 15.0 Å². The van der Waals surface area contributed by atoms with Gasteiger partial charge in [0, 0.05) is 44.2 Å². The van der Waals surface area contributed by atoms with Gasteiger partial charge in [-0.15, -0.1) is 12.4 Å². The molecule has 1 saturated heterocycles. The molecular formula is C16H26ClN3O2. The van der Waals surface area contributed by atoms with Gasteiger partial charge < -0.3 is 9.42 Å². The highest BCUT2D eigenvalue weighted by Crippen LogP contribution is 2.27. The average Bonchev–Trinajstić information content (AvgIpc) is 3.13. The van der Waals surface area contributed by atoms with Crippen molar-refractivity contribution < 1.29 is 9.32 Å². The Morgan fingerprint density at radius 2 is 1.82 bits per heavy atom. The summed E-state index contributed by atoms with van der Waals surface area (Å²) in [5.74, 6) is 1.61. The number of carbonyl (C=O) groups is 1. The molecular weight excluding hydrogens is 302 g/mol. The van der Waals surface area contributed by atoms with Crippen molar-refractivity contribution in [2.24, 2.45) is 5.92 Å². The average molecular weight is 328 g/mol. The molecule has 1 amide bonds. The number of carbonyl (C=O) groups excluding carboxylic acids is 1. The van der Waals surface area contributed by atoms with E-state index in [-0.39, 0.29) is 12.4 Å². The van der Waals surface area contributed by atoms with Crippen LogP contribution in [0.25, 0.3) is 0 Å². The summed E-state index contributed by atoms with van der Waals surface area (Å²) in [5.41, 5.74) is 2.18. The van der Waals surface area contributed by atoms with E-state index >= 15 is 0 Å². The number of aromatic nitrogens is 1. The molecule has 0 unspecified atom stereocenters. The van der Waals surface area contributed by atoms with Crippen LogP contribution in [0.15, 0.2) is 4.52 Å². The van der Waals surface area contributed by atoms with Crippen LogP contribution in [0.4, 0.5) is 0 Å². The molecule has 1 aromatic heterocycles. The molecule has 0 radical (unpaired) electrons. The quantitative estimate of drug-likeness (QED) is 0.856. The van der Waals surface area contributed by atoms with Crippen LogP contribution in [0, 0.1) is 19.8 Å². The Morgan fingerprint density at radius 3 is 2.36 bits per heavy atom. The minimum Gasteiger partial charge on any atom is -0.361 e. The molecule has 1 aliphatic heterocycles. The summed E-state index contributed by atoms with van der Waals surface area (Å²) in [6, 6.07) is 0. The summed E-state index contributed by atoms with van der Waals surface area (Å²) < 4.78 is 5.22. The number of amides is 1. The molecule has 1 aliphatic carbocycles. The lowest BCUT2D eigenvalue weighted by Gasteiger charge is -2.35. The molecule has 22 heavy (non-hydrogen) atoms. The molecule has 0 bridgehead atoms. The van der Waals surface area contributed by atoms with Crippen LogP contribution < -0.4 is 0 Å². The zero-order valence-corrected chi connectivity index (χ0v) is 14.3. The van der Waals surface area contributed by atoms with Crippen LogP contribution in [0.5, 0.6) is 0 Å². The third-order valence-corrected chi connectivity index (χ3v) is 4.95. The summed E-state index contributed by atoms with van der Waals surface area (Å²) >= 11 is 0. The molecule has 2 aliphatic rings.